The summed E-state index contributed by atoms with van der Waals surface area (Å²) in [6, 6.07) is 6.88. The van der Waals surface area contributed by atoms with Crippen molar-refractivity contribution in [3.8, 4) is 0 Å². The average Bonchev–Trinajstić information content (AvgIpc) is 2.90. The van der Waals surface area contributed by atoms with Gasteiger partial charge in [-0.05, 0) is 37.2 Å². The maximum absolute atomic E-state index is 6.24. The molecule has 1 heterocycles. The zero-order valence-electron chi connectivity index (χ0n) is 11.7. The van der Waals surface area contributed by atoms with Crippen molar-refractivity contribution in [2.24, 2.45) is 0 Å². The molecule has 0 N–H and O–H groups in total. The Hall–Kier alpha value is -0.440. The lowest BCUT2D eigenvalue weighted by atomic mass is 10.2. The van der Waals surface area contributed by atoms with Crippen LogP contribution in [0.2, 0.25) is 5.02 Å². The van der Waals surface area contributed by atoms with Gasteiger partial charge in [0.2, 0.25) is 0 Å². The van der Waals surface area contributed by atoms with E-state index < -0.39 is 0 Å². The molecule has 1 saturated heterocycles. The van der Waals surface area contributed by atoms with Gasteiger partial charge in [0.25, 0.3) is 0 Å². The van der Waals surface area contributed by atoms with Gasteiger partial charge in [-0.3, -0.25) is 4.90 Å². The third-order valence-electron chi connectivity index (χ3n) is 4.04. The van der Waals surface area contributed by atoms with Gasteiger partial charge in [0.15, 0.2) is 0 Å². The first-order valence-corrected chi connectivity index (χ1v) is 7.94. The maximum Gasteiger partial charge on any atom is 0.0488 e. The lowest BCUT2D eigenvalue weighted by Crippen LogP contribution is -2.37. The van der Waals surface area contributed by atoms with E-state index in [9.17, 15) is 0 Å². The highest BCUT2D eigenvalue weighted by Gasteiger charge is 2.26. The van der Waals surface area contributed by atoms with Gasteiger partial charge in [-0.25, -0.2) is 0 Å². The first-order valence-electron chi connectivity index (χ1n) is 7.03. The van der Waals surface area contributed by atoms with Gasteiger partial charge in [0.1, 0.15) is 0 Å². The van der Waals surface area contributed by atoms with E-state index in [1.807, 2.05) is 12.1 Å². The topological polar surface area (TPSA) is 6.48 Å². The molecule has 1 aliphatic rings. The third-order valence-corrected chi connectivity index (χ3v) is 4.68. The lowest BCUT2D eigenvalue weighted by molar-refractivity contribution is 0.232. The minimum absolute atomic E-state index is 0.473. The zero-order valence-corrected chi connectivity index (χ0v) is 13.2. The number of nitrogens with zero attached hydrogens (tertiary/aromatic N) is 2. The second kappa shape index (κ2) is 6.83. The van der Waals surface area contributed by atoms with Crippen LogP contribution < -0.4 is 4.90 Å². The molecule has 1 aromatic carbocycles. The molecule has 0 bridgehead atoms. The summed E-state index contributed by atoms with van der Waals surface area (Å²) >= 11 is 12.1. The van der Waals surface area contributed by atoms with Crippen LogP contribution in [0.5, 0.6) is 0 Å². The van der Waals surface area contributed by atoms with Crippen LogP contribution in [-0.2, 0) is 5.88 Å². The number of rotatable bonds is 5. The molecule has 19 heavy (non-hydrogen) atoms. The van der Waals surface area contributed by atoms with Crippen LogP contribution in [-0.4, -0.2) is 37.1 Å². The Bertz CT molecular complexity index is 419. The predicted molar refractivity (Wildman–Crippen MR) is 84.5 cm³/mol. The van der Waals surface area contributed by atoms with Gasteiger partial charge in [-0.1, -0.05) is 31.5 Å². The minimum Gasteiger partial charge on any atom is -0.370 e. The van der Waals surface area contributed by atoms with E-state index in [4.69, 9.17) is 23.2 Å². The predicted octanol–water partition coefficient (Wildman–Crippen LogP) is 4.00. The van der Waals surface area contributed by atoms with Gasteiger partial charge in [-0.15, -0.1) is 11.6 Å². The Morgan fingerprint density at radius 3 is 2.63 bits per heavy atom. The van der Waals surface area contributed by atoms with Gasteiger partial charge in [0, 0.05) is 35.7 Å². The van der Waals surface area contributed by atoms with Gasteiger partial charge >= 0.3 is 0 Å². The van der Waals surface area contributed by atoms with Crippen molar-refractivity contribution < 1.29 is 0 Å². The highest BCUT2D eigenvalue weighted by Crippen LogP contribution is 2.28. The standard InChI is InChI=1S/C15H22Cl2N2/c1-3-18(4-2)14-7-8-19(11-14)13-6-5-12(10-16)15(17)9-13/h5-6,9,14H,3-4,7-8,10-11H2,1-2H3. The molecule has 0 saturated carbocycles. The number of benzene rings is 1. The number of hydrogen-bond acceptors (Lipinski definition) is 2. The molecule has 2 nitrogen and oxygen atoms in total. The summed E-state index contributed by atoms with van der Waals surface area (Å²) < 4.78 is 0. The van der Waals surface area contributed by atoms with Crippen LogP contribution in [0.25, 0.3) is 0 Å². The maximum atomic E-state index is 6.24. The van der Waals surface area contributed by atoms with Crippen LogP contribution in [0.4, 0.5) is 5.69 Å². The van der Waals surface area contributed by atoms with Crippen molar-refractivity contribution in [1.29, 1.82) is 0 Å². The Labute approximate surface area is 126 Å². The first-order chi connectivity index (χ1) is 9.19. The molecular weight excluding hydrogens is 279 g/mol. The summed E-state index contributed by atoms with van der Waals surface area (Å²) in [6.07, 6.45) is 1.23. The van der Waals surface area contributed by atoms with E-state index in [-0.39, 0.29) is 0 Å². The third kappa shape index (κ3) is 3.36. The number of halogens is 2. The monoisotopic (exact) mass is 300 g/mol. The molecule has 0 aromatic heterocycles. The molecule has 1 fully saturated rings. The quantitative estimate of drug-likeness (QED) is 0.759. The smallest absolute Gasteiger partial charge is 0.0488 e. The summed E-state index contributed by atoms with van der Waals surface area (Å²) in [5, 5.41) is 0.777. The van der Waals surface area contributed by atoms with Crippen LogP contribution in [0.3, 0.4) is 0 Å². The van der Waals surface area contributed by atoms with Gasteiger partial charge in [-0.2, -0.15) is 0 Å². The first kappa shape index (κ1) is 15.0. The summed E-state index contributed by atoms with van der Waals surface area (Å²) in [7, 11) is 0. The van der Waals surface area contributed by atoms with Crippen LogP contribution in [0.1, 0.15) is 25.8 Å². The number of likely N-dealkylation sites (N-methyl/N-ethyl adjacent to an activating group) is 1. The van der Waals surface area contributed by atoms with Crippen LogP contribution in [0, 0.1) is 0 Å². The minimum atomic E-state index is 0.473. The lowest BCUT2D eigenvalue weighted by Gasteiger charge is -2.26. The molecule has 1 atom stereocenters. The fourth-order valence-corrected chi connectivity index (χ4v) is 3.40. The molecule has 0 aliphatic carbocycles. The van der Waals surface area contributed by atoms with Crippen molar-refractivity contribution >= 4 is 28.9 Å². The van der Waals surface area contributed by atoms with E-state index in [0.717, 1.165) is 36.8 Å². The highest BCUT2D eigenvalue weighted by molar-refractivity contribution is 6.32. The molecule has 2 rings (SSSR count). The summed E-state index contributed by atoms with van der Waals surface area (Å²) in [5.41, 5.74) is 2.22. The molecule has 1 aliphatic heterocycles. The SMILES string of the molecule is CCN(CC)C1CCN(c2ccc(CCl)c(Cl)c2)C1. The number of anilines is 1. The van der Waals surface area contributed by atoms with Crippen LogP contribution in [0.15, 0.2) is 18.2 Å². The highest BCUT2D eigenvalue weighted by atomic mass is 35.5. The Balaban J connectivity index is 2.06. The van der Waals surface area contributed by atoms with Crippen molar-refractivity contribution in [2.75, 3.05) is 31.1 Å². The van der Waals surface area contributed by atoms with Gasteiger partial charge in [0.05, 0.1) is 0 Å². The molecule has 106 valence electrons. The second-order valence-corrected chi connectivity index (χ2v) is 5.69. The molecule has 1 aromatic rings. The van der Waals surface area contributed by atoms with Crippen molar-refractivity contribution in [2.45, 2.75) is 32.2 Å². The second-order valence-electron chi connectivity index (χ2n) is 5.02. The fourth-order valence-electron chi connectivity index (χ4n) is 2.86. The molecule has 4 heteroatoms. The summed E-state index contributed by atoms with van der Waals surface area (Å²) in [6.45, 7) is 8.93. The van der Waals surface area contributed by atoms with Crippen molar-refractivity contribution in [3.63, 3.8) is 0 Å². The molecule has 1 unspecified atom stereocenters. The Morgan fingerprint density at radius 2 is 2.05 bits per heavy atom. The summed E-state index contributed by atoms with van der Waals surface area (Å²) in [5.74, 6) is 0.473. The number of hydrogen-bond donors (Lipinski definition) is 0. The van der Waals surface area contributed by atoms with E-state index in [1.165, 1.54) is 12.1 Å². The van der Waals surface area contributed by atoms with Gasteiger partial charge < -0.3 is 4.90 Å². The zero-order chi connectivity index (χ0) is 13.8. The Kier molecular flexibility index (Phi) is 5.37. The number of alkyl halides is 1. The van der Waals surface area contributed by atoms with E-state index in [0.29, 0.717) is 11.9 Å². The normalized spacial score (nSPS) is 19.4. The van der Waals surface area contributed by atoms with E-state index in [1.54, 1.807) is 0 Å². The molecule has 0 amide bonds. The molecular formula is C15H22Cl2N2. The largest absolute Gasteiger partial charge is 0.370 e. The Morgan fingerprint density at radius 1 is 1.32 bits per heavy atom. The van der Waals surface area contributed by atoms with E-state index >= 15 is 0 Å². The average molecular weight is 301 g/mol. The fraction of sp³-hybridized carbons (Fsp3) is 0.600. The summed E-state index contributed by atoms with van der Waals surface area (Å²) in [4.78, 5) is 4.96. The van der Waals surface area contributed by atoms with Crippen molar-refractivity contribution in [1.82, 2.24) is 4.90 Å². The van der Waals surface area contributed by atoms with Crippen molar-refractivity contribution in [3.05, 3.63) is 28.8 Å². The van der Waals surface area contributed by atoms with E-state index in [2.05, 4.69) is 29.7 Å². The molecule has 0 radical (unpaired) electrons. The van der Waals surface area contributed by atoms with Crippen LogP contribution >= 0.6 is 23.2 Å². The molecule has 0 spiro atoms.